The number of aryl methyl sites for hydroxylation is 2. The molecule has 0 aliphatic carbocycles. The van der Waals surface area contributed by atoms with E-state index in [0.29, 0.717) is 5.88 Å². The van der Waals surface area contributed by atoms with Crippen LogP contribution in [0.1, 0.15) is 24.7 Å². The third kappa shape index (κ3) is 2.98. The maximum Gasteiger partial charge on any atom is 0.160 e. The van der Waals surface area contributed by atoms with Crippen LogP contribution in [0.5, 0.6) is 0 Å². The molecule has 3 nitrogen and oxygen atoms in total. The van der Waals surface area contributed by atoms with Gasteiger partial charge < -0.3 is 4.57 Å². The normalized spacial score (nSPS) is 11.3. The number of imidazole rings is 1. The molecule has 2 heterocycles. The van der Waals surface area contributed by atoms with Crippen molar-refractivity contribution in [1.82, 2.24) is 14.5 Å². The van der Waals surface area contributed by atoms with Crippen LogP contribution in [0, 0.1) is 6.92 Å². The molecule has 0 aliphatic heterocycles. The lowest BCUT2D eigenvalue weighted by molar-refractivity contribution is 0.671. The quantitative estimate of drug-likeness (QED) is 0.599. The minimum Gasteiger partial charge on any atom is -0.312 e. The van der Waals surface area contributed by atoms with Crippen LogP contribution in [-0.2, 0) is 12.4 Å². The zero-order valence-electron chi connectivity index (χ0n) is 10.8. The van der Waals surface area contributed by atoms with E-state index in [0.717, 1.165) is 35.5 Å². The fourth-order valence-electron chi connectivity index (χ4n) is 1.96. The highest BCUT2D eigenvalue weighted by Gasteiger charge is 2.10. The monoisotopic (exact) mass is 283 g/mol. The molecule has 5 heteroatoms. The number of aromatic nitrogens is 3. The van der Waals surface area contributed by atoms with E-state index >= 15 is 0 Å². The van der Waals surface area contributed by atoms with Gasteiger partial charge in [0.25, 0.3) is 0 Å². The van der Waals surface area contributed by atoms with Gasteiger partial charge >= 0.3 is 0 Å². The molecule has 2 rings (SSSR count). The number of pyridine rings is 1. The van der Waals surface area contributed by atoms with E-state index in [4.69, 9.17) is 11.6 Å². The number of halogens is 1. The van der Waals surface area contributed by atoms with Crippen molar-refractivity contribution in [3.8, 4) is 0 Å². The van der Waals surface area contributed by atoms with Gasteiger partial charge in [0.2, 0.25) is 0 Å². The number of alkyl halides is 1. The maximum atomic E-state index is 5.97. The van der Waals surface area contributed by atoms with Gasteiger partial charge in [-0.3, -0.25) is 0 Å². The van der Waals surface area contributed by atoms with Gasteiger partial charge in [-0.05, 0) is 36.5 Å². The van der Waals surface area contributed by atoms with Crippen LogP contribution >= 0.6 is 23.4 Å². The van der Waals surface area contributed by atoms with Crippen molar-refractivity contribution < 1.29 is 0 Å². The van der Waals surface area contributed by atoms with Crippen molar-refractivity contribution in [3.63, 3.8) is 0 Å². The molecule has 0 amide bonds. The number of nitrogens with zero attached hydrogens (tertiary/aromatic N) is 3. The minimum atomic E-state index is 0.441. The third-order valence-corrected chi connectivity index (χ3v) is 4.02. The Morgan fingerprint density at radius 3 is 3.00 bits per heavy atom. The molecule has 98 valence electrons. The second kappa shape index (κ2) is 6.43. The average Bonchev–Trinajstić information content (AvgIpc) is 2.71. The van der Waals surface area contributed by atoms with E-state index in [-0.39, 0.29) is 0 Å². The lowest BCUT2D eigenvalue weighted by Crippen LogP contribution is -2.04. The first-order valence-electron chi connectivity index (χ1n) is 6.21. The summed E-state index contributed by atoms with van der Waals surface area (Å²) >= 11 is 7.93. The van der Waals surface area contributed by atoms with Crippen LogP contribution < -0.4 is 0 Å². The number of rotatable bonds is 6. The van der Waals surface area contributed by atoms with Gasteiger partial charge in [0.1, 0.15) is 11.3 Å². The van der Waals surface area contributed by atoms with Crippen molar-refractivity contribution in [2.75, 3.05) is 11.5 Å². The Kier molecular flexibility index (Phi) is 4.89. The fourth-order valence-corrected chi connectivity index (χ4v) is 2.79. The summed E-state index contributed by atoms with van der Waals surface area (Å²) in [6, 6.07) is 2.07. The van der Waals surface area contributed by atoms with Gasteiger partial charge in [-0.25, -0.2) is 9.97 Å². The SMILES string of the molecule is CCSCCCn1c(CCl)nc2cc(C)cnc21. The molecule has 2 aromatic heterocycles. The van der Waals surface area contributed by atoms with E-state index in [2.05, 4.69) is 27.5 Å². The van der Waals surface area contributed by atoms with Crippen molar-refractivity contribution in [2.45, 2.75) is 32.7 Å². The second-order valence-electron chi connectivity index (χ2n) is 4.22. The molecule has 0 aliphatic rings. The lowest BCUT2D eigenvalue weighted by Gasteiger charge is -2.06. The summed E-state index contributed by atoms with van der Waals surface area (Å²) in [6.45, 7) is 5.16. The Bertz CT molecular complexity index is 524. The first-order valence-corrected chi connectivity index (χ1v) is 7.90. The van der Waals surface area contributed by atoms with Crippen LogP contribution in [-0.4, -0.2) is 26.0 Å². The highest BCUT2D eigenvalue weighted by molar-refractivity contribution is 7.99. The van der Waals surface area contributed by atoms with Gasteiger partial charge in [-0.15, -0.1) is 11.6 Å². The van der Waals surface area contributed by atoms with Crippen LogP contribution in [0.4, 0.5) is 0 Å². The number of thioether (sulfide) groups is 1. The highest BCUT2D eigenvalue weighted by Crippen LogP contribution is 2.17. The predicted octanol–water partition coefficient (Wildman–Crippen LogP) is 3.62. The van der Waals surface area contributed by atoms with Crippen LogP contribution in [0.25, 0.3) is 11.2 Å². The molecule has 2 aromatic rings. The predicted molar refractivity (Wildman–Crippen MR) is 79.4 cm³/mol. The van der Waals surface area contributed by atoms with Gasteiger partial charge in [-0.2, -0.15) is 11.8 Å². The Balaban J connectivity index is 2.23. The summed E-state index contributed by atoms with van der Waals surface area (Å²) in [7, 11) is 0. The van der Waals surface area contributed by atoms with Gasteiger partial charge in [0, 0.05) is 12.7 Å². The maximum absolute atomic E-state index is 5.97. The smallest absolute Gasteiger partial charge is 0.160 e. The highest BCUT2D eigenvalue weighted by atomic mass is 35.5. The molecular weight excluding hydrogens is 266 g/mol. The molecule has 0 saturated heterocycles. The zero-order chi connectivity index (χ0) is 13.0. The number of fused-ring (bicyclic) bond motifs is 1. The summed E-state index contributed by atoms with van der Waals surface area (Å²) in [5, 5.41) is 0. The minimum absolute atomic E-state index is 0.441. The van der Waals surface area contributed by atoms with Crippen LogP contribution in [0.15, 0.2) is 12.3 Å². The van der Waals surface area contributed by atoms with E-state index in [9.17, 15) is 0 Å². The molecular formula is C13H18ClN3S. The Morgan fingerprint density at radius 1 is 1.44 bits per heavy atom. The van der Waals surface area contributed by atoms with Gasteiger partial charge in [0.05, 0.1) is 5.88 Å². The molecule has 0 radical (unpaired) electrons. The van der Waals surface area contributed by atoms with E-state index in [1.54, 1.807) is 0 Å². The number of hydrogen-bond donors (Lipinski definition) is 0. The van der Waals surface area contributed by atoms with E-state index in [1.807, 2.05) is 24.9 Å². The molecule has 0 N–H and O–H groups in total. The first-order chi connectivity index (χ1) is 8.76. The van der Waals surface area contributed by atoms with Crippen molar-refractivity contribution in [1.29, 1.82) is 0 Å². The lowest BCUT2D eigenvalue weighted by atomic mass is 10.3. The van der Waals surface area contributed by atoms with Crippen LogP contribution in [0.3, 0.4) is 0 Å². The van der Waals surface area contributed by atoms with E-state index < -0.39 is 0 Å². The zero-order valence-corrected chi connectivity index (χ0v) is 12.4. The third-order valence-electron chi connectivity index (χ3n) is 2.79. The topological polar surface area (TPSA) is 30.7 Å². The summed E-state index contributed by atoms with van der Waals surface area (Å²) in [5.74, 6) is 3.70. The molecule has 0 saturated carbocycles. The molecule has 0 bridgehead atoms. The largest absolute Gasteiger partial charge is 0.312 e. The summed E-state index contributed by atoms with van der Waals surface area (Å²) in [6.07, 6.45) is 3.02. The molecule has 0 fully saturated rings. The summed E-state index contributed by atoms with van der Waals surface area (Å²) < 4.78 is 2.15. The number of hydrogen-bond acceptors (Lipinski definition) is 3. The second-order valence-corrected chi connectivity index (χ2v) is 5.88. The van der Waals surface area contributed by atoms with Gasteiger partial charge in [0.15, 0.2) is 5.65 Å². The summed E-state index contributed by atoms with van der Waals surface area (Å²) in [4.78, 5) is 9.04. The fraction of sp³-hybridized carbons (Fsp3) is 0.538. The molecule has 0 aromatic carbocycles. The Morgan fingerprint density at radius 2 is 2.28 bits per heavy atom. The standard InChI is InChI=1S/C13H18ClN3S/c1-3-18-6-4-5-17-12(8-14)16-11-7-10(2)9-15-13(11)17/h7,9H,3-6,8H2,1-2H3. The van der Waals surface area contributed by atoms with Crippen LogP contribution in [0.2, 0.25) is 0 Å². The van der Waals surface area contributed by atoms with Crippen molar-refractivity contribution >= 4 is 34.5 Å². The molecule has 0 spiro atoms. The Hall–Kier alpha value is -0.740. The molecule has 0 atom stereocenters. The van der Waals surface area contributed by atoms with Crippen molar-refractivity contribution in [3.05, 3.63) is 23.7 Å². The van der Waals surface area contributed by atoms with E-state index in [1.165, 1.54) is 11.5 Å². The average molecular weight is 284 g/mol. The van der Waals surface area contributed by atoms with Crippen molar-refractivity contribution in [2.24, 2.45) is 0 Å². The molecule has 0 unspecified atom stereocenters. The first kappa shape index (κ1) is 13.7. The molecule has 18 heavy (non-hydrogen) atoms. The van der Waals surface area contributed by atoms with Gasteiger partial charge in [-0.1, -0.05) is 6.92 Å². The Labute approximate surface area is 117 Å². The summed E-state index contributed by atoms with van der Waals surface area (Å²) in [5.41, 5.74) is 3.04.